The Bertz CT molecular complexity index is 296. The minimum Gasteiger partial charge on any atom is -0.399 e. The second-order valence-electron chi connectivity index (χ2n) is 3.82. The Hall–Kier alpha value is -1.13. The van der Waals surface area contributed by atoms with E-state index >= 15 is 0 Å². The lowest BCUT2D eigenvalue weighted by molar-refractivity contribution is 0.196. The zero-order chi connectivity index (χ0) is 10.8. The average Bonchev–Trinajstić information content (AvgIpc) is 2.18. The molecule has 0 bridgehead atoms. The number of rotatable bonds is 3. The Kier molecular flexibility index (Phi) is 2.88. The van der Waals surface area contributed by atoms with Crippen molar-refractivity contribution < 1.29 is 14.1 Å². The van der Waals surface area contributed by atoms with Gasteiger partial charge in [-0.15, -0.1) is 0 Å². The van der Waals surface area contributed by atoms with E-state index in [0.29, 0.717) is 18.1 Å². The molecule has 0 aliphatic heterocycles. The highest BCUT2D eigenvalue weighted by Gasteiger charge is 2.47. The van der Waals surface area contributed by atoms with Gasteiger partial charge >= 0.3 is 0 Å². The highest BCUT2D eigenvalue weighted by atomic mass is 19.1. The Morgan fingerprint density at radius 2 is 1.87 bits per heavy atom. The van der Waals surface area contributed by atoms with Crippen LogP contribution in [0.2, 0.25) is 0 Å². The van der Waals surface area contributed by atoms with Gasteiger partial charge in [0.25, 0.3) is 0 Å². The number of halogens is 1. The monoisotopic (exact) mass is 213 g/mol. The van der Waals surface area contributed by atoms with Crippen LogP contribution in [0, 0.1) is 11.8 Å². The highest BCUT2D eigenvalue weighted by molar-refractivity contribution is 6.01. The van der Waals surface area contributed by atoms with E-state index in [9.17, 15) is 4.39 Å². The summed E-state index contributed by atoms with van der Waals surface area (Å²) < 4.78 is 13.5. The summed E-state index contributed by atoms with van der Waals surface area (Å²) in [5, 5.41) is 7.45. The third kappa shape index (κ3) is 1.82. The molecule has 4 nitrogen and oxygen atoms in total. The van der Waals surface area contributed by atoms with E-state index in [-0.39, 0.29) is 0 Å². The van der Waals surface area contributed by atoms with E-state index in [2.05, 4.69) is 20.0 Å². The van der Waals surface area contributed by atoms with Gasteiger partial charge < -0.3 is 9.68 Å². The van der Waals surface area contributed by atoms with Crippen molar-refractivity contribution in [1.82, 2.24) is 0 Å². The topological polar surface area (TPSA) is 43.2 Å². The van der Waals surface area contributed by atoms with Gasteiger partial charge in [0.2, 0.25) is 0 Å². The van der Waals surface area contributed by atoms with Crippen LogP contribution in [0.1, 0.15) is 19.3 Å². The fraction of sp³-hybridized carbons (Fsp3) is 0.700. The van der Waals surface area contributed by atoms with Gasteiger partial charge in [-0.05, 0) is 18.8 Å². The maximum atomic E-state index is 13.5. The largest absolute Gasteiger partial charge is 0.399 e. The van der Waals surface area contributed by atoms with Crippen LogP contribution >= 0.6 is 0 Å². The van der Waals surface area contributed by atoms with E-state index in [4.69, 9.17) is 0 Å². The Morgan fingerprint density at radius 1 is 1.20 bits per heavy atom. The summed E-state index contributed by atoms with van der Waals surface area (Å²) in [6.07, 6.45) is 1.28. The summed E-state index contributed by atoms with van der Waals surface area (Å²) in [6, 6.07) is 0. The lowest BCUT2D eigenvalue weighted by atomic mass is 9.64. The zero-order valence-corrected chi connectivity index (χ0v) is 8.86. The maximum absolute atomic E-state index is 13.5. The van der Waals surface area contributed by atoms with Crippen LogP contribution in [0.15, 0.2) is 10.3 Å². The molecule has 0 saturated heterocycles. The van der Waals surface area contributed by atoms with Crippen LogP contribution in [-0.2, 0) is 9.68 Å². The quantitative estimate of drug-likeness (QED) is 0.670. The first-order valence-electron chi connectivity index (χ1n) is 4.94. The second-order valence-corrected chi connectivity index (χ2v) is 3.82. The Morgan fingerprint density at radius 3 is 2.40 bits per heavy atom. The Balaban J connectivity index is 1.80. The first-order chi connectivity index (χ1) is 7.26. The molecular weight excluding hydrogens is 199 g/mol. The zero-order valence-electron chi connectivity index (χ0n) is 8.86. The minimum absolute atomic E-state index is 0.324. The second kappa shape index (κ2) is 4.16. The molecule has 2 rings (SSSR count). The molecule has 1 atom stereocenters. The number of nitrogens with zero attached hydrogens (tertiary/aromatic N) is 2. The van der Waals surface area contributed by atoms with Gasteiger partial charge in [0.05, 0.1) is 11.4 Å². The molecule has 83 valence electrons. The van der Waals surface area contributed by atoms with Gasteiger partial charge in [-0.1, -0.05) is 10.3 Å². The predicted molar refractivity (Wildman–Crippen MR) is 54.4 cm³/mol. The summed E-state index contributed by atoms with van der Waals surface area (Å²) in [6.45, 7) is 0. The van der Waals surface area contributed by atoms with E-state index in [0.717, 1.165) is 24.5 Å². The number of oxime groups is 2. The fourth-order valence-electron chi connectivity index (χ4n) is 1.99. The van der Waals surface area contributed by atoms with Crippen molar-refractivity contribution in [2.45, 2.75) is 25.4 Å². The molecule has 2 fully saturated rings. The highest BCUT2D eigenvalue weighted by Crippen LogP contribution is 2.44. The first kappa shape index (κ1) is 10.4. The van der Waals surface area contributed by atoms with E-state index in [1.807, 2.05) is 0 Å². The van der Waals surface area contributed by atoms with Gasteiger partial charge in [-0.2, -0.15) is 0 Å². The van der Waals surface area contributed by atoms with Crippen molar-refractivity contribution in [3.63, 3.8) is 0 Å². The van der Waals surface area contributed by atoms with Gasteiger partial charge in [-0.3, -0.25) is 0 Å². The van der Waals surface area contributed by atoms with Crippen molar-refractivity contribution >= 4 is 11.4 Å². The summed E-state index contributed by atoms with van der Waals surface area (Å²) in [7, 11) is 2.96. The fourth-order valence-corrected chi connectivity index (χ4v) is 1.99. The molecule has 2 saturated carbocycles. The smallest absolute Gasteiger partial charge is 0.148 e. The van der Waals surface area contributed by atoms with Crippen LogP contribution in [0.25, 0.3) is 0 Å². The number of hydrogen-bond donors (Lipinski definition) is 0. The molecule has 0 N–H and O–H groups in total. The molecular formula is C10H14FN2O2. The van der Waals surface area contributed by atoms with Gasteiger partial charge in [0, 0.05) is 12.3 Å². The van der Waals surface area contributed by atoms with Crippen molar-refractivity contribution in [1.29, 1.82) is 0 Å². The maximum Gasteiger partial charge on any atom is 0.148 e. The van der Waals surface area contributed by atoms with Gasteiger partial charge in [0.15, 0.2) is 0 Å². The third-order valence-corrected chi connectivity index (χ3v) is 2.92. The molecule has 2 aliphatic rings. The summed E-state index contributed by atoms with van der Waals surface area (Å²) in [4.78, 5) is 9.20. The predicted octanol–water partition coefficient (Wildman–Crippen LogP) is 1.72. The molecule has 2 aliphatic carbocycles. The van der Waals surface area contributed by atoms with Gasteiger partial charge in [-0.25, -0.2) is 4.39 Å². The first-order valence-corrected chi connectivity index (χ1v) is 4.94. The van der Waals surface area contributed by atoms with Crippen LogP contribution in [-0.4, -0.2) is 31.8 Å². The molecule has 0 aromatic rings. The summed E-state index contributed by atoms with van der Waals surface area (Å²) in [5.41, 5.74) is 1.52. The number of alkyl halides is 1. The van der Waals surface area contributed by atoms with E-state index in [1.165, 1.54) is 14.2 Å². The van der Waals surface area contributed by atoms with Crippen molar-refractivity contribution in [3.8, 4) is 0 Å². The van der Waals surface area contributed by atoms with Crippen LogP contribution < -0.4 is 0 Å². The standard InChI is InChI=1S/C10H14FN2O2/c1-14-12-7-3-6(4-7)8-5-9(10(8)11)13-15-2/h6,10H,3-5H2,1-2H3. The minimum atomic E-state index is -1.00. The molecule has 5 heteroatoms. The van der Waals surface area contributed by atoms with Crippen molar-refractivity contribution in [3.05, 3.63) is 5.92 Å². The lowest BCUT2D eigenvalue weighted by Crippen LogP contribution is -2.46. The molecule has 1 unspecified atom stereocenters. The van der Waals surface area contributed by atoms with Crippen molar-refractivity contribution in [2.24, 2.45) is 16.2 Å². The van der Waals surface area contributed by atoms with Crippen molar-refractivity contribution in [2.75, 3.05) is 14.2 Å². The summed E-state index contributed by atoms with van der Waals surface area (Å²) >= 11 is 0. The van der Waals surface area contributed by atoms with Crippen LogP contribution in [0.5, 0.6) is 0 Å². The normalized spacial score (nSPS) is 33.3. The van der Waals surface area contributed by atoms with Crippen LogP contribution in [0.4, 0.5) is 4.39 Å². The SMILES string of the molecule is CON=C1CC([C]2CC(=NOC)C2F)C1. The molecule has 0 spiro atoms. The molecule has 15 heavy (non-hydrogen) atoms. The average molecular weight is 213 g/mol. The molecule has 1 radical (unpaired) electrons. The number of hydrogen-bond acceptors (Lipinski definition) is 4. The lowest BCUT2D eigenvalue weighted by Gasteiger charge is -2.41. The summed E-state index contributed by atoms with van der Waals surface area (Å²) in [5.74, 6) is 1.26. The van der Waals surface area contributed by atoms with Gasteiger partial charge in [0.1, 0.15) is 20.4 Å². The molecule has 0 heterocycles. The van der Waals surface area contributed by atoms with E-state index < -0.39 is 6.17 Å². The molecule has 0 aromatic heterocycles. The molecule has 0 aromatic carbocycles. The third-order valence-electron chi connectivity index (χ3n) is 2.92. The Labute approximate surface area is 88.1 Å². The van der Waals surface area contributed by atoms with E-state index in [1.54, 1.807) is 0 Å². The van der Waals surface area contributed by atoms with Crippen LogP contribution in [0.3, 0.4) is 0 Å². The molecule has 0 amide bonds.